The maximum Gasteiger partial charge on any atom is 0.416 e. The van der Waals surface area contributed by atoms with E-state index in [4.69, 9.17) is 4.74 Å². The Morgan fingerprint density at radius 2 is 1.94 bits per heavy atom. The summed E-state index contributed by atoms with van der Waals surface area (Å²) in [5.41, 5.74) is 2.63. The number of thioether (sulfide) groups is 1. The number of aromatic nitrogens is 2. The lowest BCUT2D eigenvalue weighted by Gasteiger charge is -2.26. The highest BCUT2D eigenvalue weighted by Crippen LogP contribution is 2.33. The Bertz CT molecular complexity index is 1210. The number of aryl methyl sites for hydroxylation is 1. The zero-order valence-electron chi connectivity index (χ0n) is 17.7. The number of alkyl halides is 3. The molecule has 0 bridgehead atoms. The topological polar surface area (TPSA) is 59.7 Å². The Balaban J connectivity index is 1.74. The zero-order chi connectivity index (χ0) is 23.0. The number of halogens is 3. The standard InChI is InChI=1S/C22H21F3N4O2S/c1-13-19(27-29(9-10-31-3)21(30)32-13)14-7-8-18-17(12-14)26-20(28(18)2)15-5-4-6-16(11-15)22(23,24)25/h4-8,11-13H,9-10H2,1-3H3. The summed E-state index contributed by atoms with van der Waals surface area (Å²) in [4.78, 5) is 16.8. The molecule has 0 N–H and O–H groups in total. The number of hydrogen-bond acceptors (Lipinski definition) is 5. The number of methoxy groups -OCH3 is 1. The van der Waals surface area contributed by atoms with Gasteiger partial charge in [0.05, 0.1) is 40.7 Å². The molecular weight excluding hydrogens is 441 g/mol. The molecule has 0 spiro atoms. The van der Waals surface area contributed by atoms with Crippen molar-refractivity contribution in [3.63, 3.8) is 0 Å². The normalized spacial score (nSPS) is 17.2. The van der Waals surface area contributed by atoms with Crippen LogP contribution in [0, 0.1) is 0 Å². The molecule has 1 atom stereocenters. The van der Waals surface area contributed by atoms with Crippen LogP contribution in [-0.2, 0) is 18.0 Å². The summed E-state index contributed by atoms with van der Waals surface area (Å²) in [6.45, 7) is 2.63. The van der Waals surface area contributed by atoms with Gasteiger partial charge in [0.15, 0.2) is 0 Å². The van der Waals surface area contributed by atoms with Gasteiger partial charge in [-0.15, -0.1) is 0 Å². The van der Waals surface area contributed by atoms with Crippen molar-refractivity contribution in [2.24, 2.45) is 12.1 Å². The first-order chi connectivity index (χ1) is 15.2. The van der Waals surface area contributed by atoms with E-state index < -0.39 is 11.7 Å². The Morgan fingerprint density at radius 3 is 2.66 bits per heavy atom. The lowest BCUT2D eigenvalue weighted by molar-refractivity contribution is -0.137. The third-order valence-corrected chi connectivity index (χ3v) is 6.22. The first kappa shape index (κ1) is 22.3. The van der Waals surface area contributed by atoms with Gasteiger partial charge in [-0.1, -0.05) is 30.0 Å². The molecule has 0 fully saturated rings. The molecule has 0 saturated carbocycles. The number of hydrogen-bond donors (Lipinski definition) is 0. The smallest absolute Gasteiger partial charge is 0.383 e. The first-order valence-electron chi connectivity index (χ1n) is 9.89. The summed E-state index contributed by atoms with van der Waals surface area (Å²) in [5.74, 6) is 0.438. The van der Waals surface area contributed by atoms with Gasteiger partial charge in [-0.05, 0) is 31.2 Å². The Labute approximate surface area is 187 Å². The molecule has 1 unspecified atom stereocenters. The maximum atomic E-state index is 13.1. The second kappa shape index (κ2) is 8.59. The van der Waals surface area contributed by atoms with Crippen molar-refractivity contribution >= 4 is 33.7 Å². The number of benzene rings is 2. The number of nitrogens with zero attached hydrogens (tertiary/aromatic N) is 4. The number of carbonyl (C=O) groups is 1. The van der Waals surface area contributed by atoms with Gasteiger partial charge >= 0.3 is 11.4 Å². The molecular formula is C22H21F3N4O2S. The molecule has 2 aromatic carbocycles. The lowest BCUT2D eigenvalue weighted by Crippen LogP contribution is -2.35. The number of ether oxygens (including phenoxy) is 1. The number of amides is 1. The van der Waals surface area contributed by atoms with E-state index in [9.17, 15) is 18.0 Å². The number of imidazole rings is 1. The van der Waals surface area contributed by atoms with Crippen LogP contribution in [0.1, 0.15) is 18.1 Å². The first-order valence-corrected chi connectivity index (χ1v) is 10.8. The van der Waals surface area contributed by atoms with E-state index in [0.717, 1.165) is 28.9 Å². The minimum Gasteiger partial charge on any atom is -0.383 e. The van der Waals surface area contributed by atoms with Crippen LogP contribution in [0.25, 0.3) is 22.4 Å². The molecule has 0 aliphatic carbocycles. The highest BCUT2D eigenvalue weighted by molar-refractivity contribution is 8.14. The van der Waals surface area contributed by atoms with Crippen molar-refractivity contribution in [1.29, 1.82) is 0 Å². The molecule has 168 valence electrons. The molecule has 10 heteroatoms. The van der Waals surface area contributed by atoms with Crippen LogP contribution in [0.3, 0.4) is 0 Å². The molecule has 3 aromatic rings. The van der Waals surface area contributed by atoms with E-state index in [-0.39, 0.29) is 10.5 Å². The van der Waals surface area contributed by atoms with Crippen molar-refractivity contribution in [3.05, 3.63) is 53.6 Å². The fraction of sp³-hybridized carbons (Fsp3) is 0.318. The third kappa shape index (κ3) is 4.24. The second-order valence-corrected chi connectivity index (χ2v) is 8.70. The third-order valence-electron chi connectivity index (χ3n) is 5.23. The molecule has 1 aliphatic heterocycles. The number of rotatable bonds is 5. The summed E-state index contributed by atoms with van der Waals surface area (Å²) in [5, 5.41) is 5.63. The molecule has 0 saturated heterocycles. The SMILES string of the molecule is COCCN1N=C(c2ccc3c(c2)nc(-c2cccc(C(F)(F)F)c2)n3C)C(C)SC1=O. The van der Waals surface area contributed by atoms with Gasteiger partial charge in [0.2, 0.25) is 0 Å². The average molecular weight is 462 g/mol. The van der Waals surface area contributed by atoms with Gasteiger partial charge in [-0.3, -0.25) is 4.79 Å². The lowest BCUT2D eigenvalue weighted by atomic mass is 10.1. The van der Waals surface area contributed by atoms with Gasteiger partial charge < -0.3 is 9.30 Å². The number of carbonyl (C=O) groups excluding carboxylic acids is 1. The van der Waals surface area contributed by atoms with Crippen molar-refractivity contribution in [1.82, 2.24) is 14.6 Å². The molecule has 2 heterocycles. The minimum atomic E-state index is -4.42. The quantitative estimate of drug-likeness (QED) is 0.525. The second-order valence-electron chi connectivity index (χ2n) is 7.40. The molecule has 1 amide bonds. The van der Waals surface area contributed by atoms with Crippen molar-refractivity contribution in [2.45, 2.75) is 18.3 Å². The predicted octanol–water partition coefficient (Wildman–Crippen LogP) is 5.17. The summed E-state index contributed by atoms with van der Waals surface area (Å²) in [6.07, 6.45) is -4.42. The summed E-state index contributed by atoms with van der Waals surface area (Å²) < 4.78 is 46.2. The molecule has 1 aromatic heterocycles. The monoisotopic (exact) mass is 462 g/mol. The van der Waals surface area contributed by atoms with E-state index in [1.807, 2.05) is 25.1 Å². The fourth-order valence-electron chi connectivity index (χ4n) is 3.58. The highest BCUT2D eigenvalue weighted by atomic mass is 32.2. The van der Waals surface area contributed by atoms with Crippen LogP contribution in [0.2, 0.25) is 0 Å². The van der Waals surface area contributed by atoms with E-state index in [1.54, 1.807) is 24.8 Å². The van der Waals surface area contributed by atoms with Crippen molar-refractivity contribution in [2.75, 3.05) is 20.3 Å². The van der Waals surface area contributed by atoms with Crippen molar-refractivity contribution < 1.29 is 22.7 Å². The van der Waals surface area contributed by atoms with E-state index in [0.29, 0.717) is 30.1 Å². The van der Waals surface area contributed by atoms with Crippen LogP contribution in [0.15, 0.2) is 47.6 Å². The van der Waals surface area contributed by atoms with Gasteiger partial charge in [-0.25, -0.2) is 9.99 Å². The number of hydrazone groups is 1. The van der Waals surface area contributed by atoms with Gasteiger partial charge in [0, 0.05) is 25.3 Å². The zero-order valence-corrected chi connectivity index (χ0v) is 18.5. The summed E-state index contributed by atoms with van der Waals surface area (Å²) in [6, 6.07) is 10.7. The predicted molar refractivity (Wildman–Crippen MR) is 119 cm³/mol. The molecule has 0 radical (unpaired) electrons. The van der Waals surface area contributed by atoms with E-state index >= 15 is 0 Å². The molecule has 32 heavy (non-hydrogen) atoms. The van der Waals surface area contributed by atoms with Crippen LogP contribution in [0.5, 0.6) is 0 Å². The minimum absolute atomic E-state index is 0.135. The van der Waals surface area contributed by atoms with Crippen LogP contribution >= 0.6 is 11.8 Å². The van der Waals surface area contributed by atoms with E-state index in [2.05, 4.69) is 10.1 Å². The fourth-order valence-corrected chi connectivity index (χ4v) is 4.43. The summed E-state index contributed by atoms with van der Waals surface area (Å²) in [7, 11) is 3.33. The van der Waals surface area contributed by atoms with Crippen LogP contribution < -0.4 is 0 Å². The summed E-state index contributed by atoms with van der Waals surface area (Å²) >= 11 is 1.19. The Kier molecular flexibility index (Phi) is 6.00. The van der Waals surface area contributed by atoms with Crippen molar-refractivity contribution in [3.8, 4) is 11.4 Å². The Morgan fingerprint density at radius 1 is 1.16 bits per heavy atom. The molecule has 6 nitrogen and oxygen atoms in total. The number of fused-ring (bicyclic) bond motifs is 1. The van der Waals surface area contributed by atoms with Crippen LogP contribution in [-0.4, -0.2) is 51.0 Å². The highest BCUT2D eigenvalue weighted by Gasteiger charge is 2.31. The largest absolute Gasteiger partial charge is 0.416 e. The van der Waals surface area contributed by atoms with Crippen LogP contribution in [0.4, 0.5) is 18.0 Å². The maximum absolute atomic E-state index is 13.1. The van der Waals surface area contributed by atoms with Gasteiger partial charge in [-0.2, -0.15) is 18.3 Å². The average Bonchev–Trinajstić information content (AvgIpc) is 3.08. The Hall–Kier alpha value is -2.85. The van der Waals surface area contributed by atoms with Gasteiger partial charge in [0.1, 0.15) is 5.82 Å². The molecule has 1 aliphatic rings. The van der Waals surface area contributed by atoms with Gasteiger partial charge in [0.25, 0.3) is 0 Å². The van der Waals surface area contributed by atoms with E-state index in [1.165, 1.54) is 22.8 Å². The molecule has 4 rings (SSSR count).